The molecule has 0 amide bonds. The first-order chi connectivity index (χ1) is 16.1. The van der Waals surface area contributed by atoms with Crippen molar-refractivity contribution in [1.29, 1.82) is 0 Å². The van der Waals surface area contributed by atoms with E-state index in [4.69, 9.17) is 0 Å². The van der Waals surface area contributed by atoms with E-state index in [2.05, 4.69) is 19.5 Å². The molecular formula is C21H13F9N2O3. The predicted octanol–water partition coefficient (Wildman–Crippen LogP) is 5.36. The Kier molecular flexibility index (Phi) is 6.38. The van der Waals surface area contributed by atoms with Crippen molar-refractivity contribution in [2.24, 2.45) is 9.98 Å². The summed E-state index contributed by atoms with van der Waals surface area (Å²) in [6, 6.07) is 10.3. The predicted molar refractivity (Wildman–Crippen MR) is 103 cm³/mol. The maximum atomic E-state index is 14.4. The smallest absolute Gasteiger partial charge is 0.431 e. The summed E-state index contributed by atoms with van der Waals surface area (Å²) in [5.74, 6) is -6.13. The van der Waals surface area contributed by atoms with Crippen molar-refractivity contribution in [3.05, 3.63) is 71.8 Å². The number of halogens is 9. The van der Waals surface area contributed by atoms with E-state index in [1.165, 1.54) is 24.3 Å². The Hall–Kier alpha value is -3.58. The second-order valence-electron chi connectivity index (χ2n) is 7.07. The van der Waals surface area contributed by atoms with E-state index in [-0.39, 0.29) is 0 Å². The first-order valence-corrected chi connectivity index (χ1v) is 9.39. The molecule has 1 unspecified atom stereocenters. The lowest BCUT2D eigenvalue weighted by Gasteiger charge is -2.33. The van der Waals surface area contributed by atoms with Crippen LogP contribution in [0.4, 0.5) is 39.5 Å². The molecule has 3 rings (SSSR count). The summed E-state index contributed by atoms with van der Waals surface area (Å²) < 4.78 is 136. The molecule has 5 nitrogen and oxygen atoms in total. The van der Waals surface area contributed by atoms with E-state index in [1.54, 1.807) is 0 Å². The highest BCUT2D eigenvalue weighted by Gasteiger charge is 2.79. The van der Waals surface area contributed by atoms with Gasteiger partial charge >= 0.3 is 30.0 Å². The van der Waals surface area contributed by atoms with E-state index in [1.807, 2.05) is 0 Å². The number of carbonyl (C=O) groups excluding carboxylic acids is 1. The van der Waals surface area contributed by atoms with Crippen LogP contribution in [0.2, 0.25) is 0 Å². The molecule has 2 aromatic carbocycles. The molecule has 0 spiro atoms. The van der Waals surface area contributed by atoms with Crippen LogP contribution in [-0.4, -0.2) is 48.9 Å². The minimum absolute atomic E-state index is 0.411. The number of hydrogen-bond acceptors (Lipinski definition) is 5. The molecule has 1 aliphatic heterocycles. The monoisotopic (exact) mass is 512 g/mol. The largest absolute Gasteiger partial charge is 0.467 e. The molecule has 2 aromatic rings. The fourth-order valence-corrected chi connectivity index (χ4v) is 3.28. The van der Waals surface area contributed by atoms with Crippen LogP contribution in [0, 0.1) is 0 Å². The van der Waals surface area contributed by atoms with Gasteiger partial charge < -0.3 is 9.47 Å². The molecule has 0 N–H and O–H groups in total. The number of rotatable bonds is 4. The Bertz CT molecular complexity index is 1130. The maximum absolute atomic E-state index is 14.4. The Morgan fingerprint density at radius 2 is 1.34 bits per heavy atom. The van der Waals surface area contributed by atoms with E-state index in [0.717, 1.165) is 24.3 Å². The van der Waals surface area contributed by atoms with Crippen LogP contribution < -0.4 is 0 Å². The van der Waals surface area contributed by atoms with Gasteiger partial charge in [-0.15, -0.1) is 0 Å². The normalized spacial score (nSPS) is 19.0. The number of benzene rings is 2. The lowest BCUT2D eigenvalue weighted by Crippen LogP contribution is -2.61. The summed E-state index contributed by atoms with van der Waals surface area (Å²) in [5, 5.41) is 0. The molecule has 0 saturated carbocycles. The van der Waals surface area contributed by atoms with Crippen LogP contribution in [0.5, 0.6) is 0 Å². The van der Waals surface area contributed by atoms with Crippen molar-refractivity contribution in [1.82, 2.24) is 0 Å². The molecule has 0 radical (unpaired) electrons. The number of hydrogen-bond donors (Lipinski definition) is 0. The molecular weight excluding hydrogens is 499 g/mol. The topological polar surface area (TPSA) is 60.2 Å². The van der Waals surface area contributed by atoms with Crippen LogP contribution in [-0.2, 0) is 19.8 Å². The number of carbonyl (C=O) groups is 1. The molecule has 0 saturated heterocycles. The molecule has 35 heavy (non-hydrogen) atoms. The molecule has 1 heterocycles. The van der Waals surface area contributed by atoms with E-state index >= 15 is 0 Å². The van der Waals surface area contributed by atoms with Gasteiger partial charge in [0.05, 0.1) is 7.11 Å². The Morgan fingerprint density at radius 1 is 0.857 bits per heavy atom. The van der Waals surface area contributed by atoms with Crippen LogP contribution in [0.15, 0.2) is 70.6 Å². The first-order valence-electron chi connectivity index (χ1n) is 9.39. The fourth-order valence-electron chi connectivity index (χ4n) is 3.28. The van der Waals surface area contributed by atoms with Gasteiger partial charge in [-0.25, -0.2) is 14.8 Å². The summed E-state index contributed by atoms with van der Waals surface area (Å²) in [5.41, 5.74) is -11.2. The second-order valence-corrected chi connectivity index (χ2v) is 7.07. The molecule has 0 bridgehead atoms. The average molecular weight is 512 g/mol. The zero-order chi connectivity index (χ0) is 26.3. The molecule has 0 aromatic heterocycles. The van der Waals surface area contributed by atoms with Crippen molar-refractivity contribution in [3.63, 3.8) is 0 Å². The zero-order valence-corrected chi connectivity index (χ0v) is 17.3. The van der Waals surface area contributed by atoms with Gasteiger partial charge in [-0.2, -0.15) is 39.5 Å². The van der Waals surface area contributed by atoms with Crippen molar-refractivity contribution < 1.29 is 53.8 Å². The third-order valence-electron chi connectivity index (χ3n) is 4.97. The fraction of sp³-hybridized carbons (Fsp3) is 0.286. The summed E-state index contributed by atoms with van der Waals surface area (Å²) >= 11 is 0. The lowest BCUT2D eigenvalue weighted by molar-refractivity contribution is -0.272. The summed E-state index contributed by atoms with van der Waals surface area (Å²) in [7, 11) is 0.466. The lowest BCUT2D eigenvalue weighted by atomic mass is 9.88. The van der Waals surface area contributed by atoms with E-state index in [0.29, 0.717) is 19.2 Å². The summed E-state index contributed by atoms with van der Waals surface area (Å²) in [4.78, 5) is 17.8. The van der Waals surface area contributed by atoms with Gasteiger partial charge in [0.25, 0.3) is 5.54 Å². The van der Waals surface area contributed by atoms with Gasteiger partial charge in [-0.05, 0) is 12.1 Å². The molecule has 0 aliphatic carbocycles. The third kappa shape index (κ3) is 4.10. The standard InChI is InChI=1S/C21H13F9N2O3/c1-34-16(33)17(19(22,23)24,13-10-6-3-7-11-13)32-15-18(20(25,26)27,21(28,29)30)31-14(35-15)12-8-4-2-5-9-12/h2-11H,1H3. The van der Waals surface area contributed by atoms with Crippen LogP contribution in [0.3, 0.4) is 0 Å². The zero-order valence-electron chi connectivity index (χ0n) is 17.3. The summed E-state index contributed by atoms with van der Waals surface area (Å²) in [6.45, 7) is 0. The Balaban J connectivity index is 2.44. The SMILES string of the molecule is COC(=O)C(N=C1OC(c2ccccc2)=NC1(C(F)(F)F)C(F)(F)F)(c1ccccc1)C(F)(F)F. The van der Waals surface area contributed by atoms with E-state index in [9.17, 15) is 44.3 Å². The number of aliphatic imine (C=N–C) groups is 2. The number of ether oxygens (including phenoxy) is 2. The first kappa shape index (κ1) is 26.0. The van der Waals surface area contributed by atoms with Crippen molar-refractivity contribution in [3.8, 4) is 0 Å². The molecule has 1 aliphatic rings. The van der Waals surface area contributed by atoms with Crippen molar-refractivity contribution in [2.45, 2.75) is 29.6 Å². The van der Waals surface area contributed by atoms with Gasteiger partial charge in [0, 0.05) is 11.1 Å². The third-order valence-corrected chi connectivity index (χ3v) is 4.97. The number of nitrogens with zero attached hydrogens (tertiary/aromatic N) is 2. The highest BCUT2D eigenvalue weighted by atomic mass is 19.4. The Morgan fingerprint density at radius 3 is 1.77 bits per heavy atom. The number of esters is 1. The summed E-state index contributed by atoms with van der Waals surface area (Å²) in [6.07, 6.45) is -18.6. The van der Waals surface area contributed by atoms with Crippen LogP contribution in [0.25, 0.3) is 0 Å². The van der Waals surface area contributed by atoms with Crippen molar-refractivity contribution in [2.75, 3.05) is 7.11 Å². The quantitative estimate of drug-likeness (QED) is 0.410. The highest BCUT2D eigenvalue weighted by Crippen LogP contribution is 2.52. The van der Waals surface area contributed by atoms with Crippen LogP contribution in [0.1, 0.15) is 11.1 Å². The maximum Gasteiger partial charge on any atom is 0.431 e. The molecule has 188 valence electrons. The average Bonchev–Trinajstić information content (AvgIpc) is 3.18. The van der Waals surface area contributed by atoms with Gasteiger partial charge in [0.2, 0.25) is 11.8 Å². The van der Waals surface area contributed by atoms with Gasteiger partial charge in [-0.3, -0.25) is 0 Å². The molecule has 1 atom stereocenters. The van der Waals surface area contributed by atoms with Crippen LogP contribution >= 0.6 is 0 Å². The van der Waals surface area contributed by atoms with Gasteiger partial charge in [0.1, 0.15) is 0 Å². The Labute approximate surface area is 190 Å². The second kappa shape index (κ2) is 8.57. The molecule has 0 fully saturated rings. The molecule has 14 heteroatoms. The highest BCUT2D eigenvalue weighted by molar-refractivity contribution is 6.11. The number of alkyl halides is 9. The van der Waals surface area contributed by atoms with Crippen molar-refractivity contribution >= 4 is 17.8 Å². The van der Waals surface area contributed by atoms with E-state index < -0.39 is 58.5 Å². The van der Waals surface area contributed by atoms with Gasteiger partial charge in [0.15, 0.2) is 0 Å². The minimum Gasteiger partial charge on any atom is -0.467 e. The van der Waals surface area contributed by atoms with Gasteiger partial charge in [-0.1, -0.05) is 48.5 Å². The minimum atomic E-state index is -6.37. The number of methoxy groups -OCH3 is 1.